The number of sulfonamides is 1. The predicted molar refractivity (Wildman–Crippen MR) is 187 cm³/mol. The Kier molecular flexibility index (Phi) is 7.76. The molecule has 2 heterocycles. The Morgan fingerprint density at radius 1 is 0.848 bits per heavy atom. The molecule has 7 rings (SSSR count). The van der Waals surface area contributed by atoms with Crippen molar-refractivity contribution in [3.05, 3.63) is 152 Å². The number of halogens is 1. The van der Waals surface area contributed by atoms with Gasteiger partial charge in [0.05, 0.1) is 21.9 Å². The van der Waals surface area contributed by atoms with Crippen molar-refractivity contribution in [2.75, 3.05) is 6.54 Å². The number of para-hydroxylation sites is 2. The molecule has 0 spiro atoms. The quantitative estimate of drug-likeness (QED) is 0.155. The molecule has 0 aliphatic heterocycles. The summed E-state index contributed by atoms with van der Waals surface area (Å²) in [7, 11) is -2.10. The average Bonchev–Trinajstić information content (AvgIpc) is 3.43. The Morgan fingerprint density at radius 3 is 2.37 bits per heavy atom. The van der Waals surface area contributed by atoms with Gasteiger partial charge in [0.2, 0.25) is 10.0 Å². The summed E-state index contributed by atoms with van der Waals surface area (Å²) in [5.41, 5.74) is 3.76. The minimum atomic E-state index is -3.80. The Labute approximate surface area is 274 Å². The second-order valence-corrected chi connectivity index (χ2v) is 14.0. The first-order chi connectivity index (χ1) is 22.2. The van der Waals surface area contributed by atoms with Gasteiger partial charge in [-0.3, -0.25) is 4.79 Å². The summed E-state index contributed by atoms with van der Waals surface area (Å²) in [4.78, 5) is 17.8. The van der Waals surface area contributed by atoms with Crippen LogP contribution in [-0.4, -0.2) is 29.6 Å². The van der Waals surface area contributed by atoms with Crippen molar-refractivity contribution in [3.63, 3.8) is 0 Å². The van der Waals surface area contributed by atoms with Crippen molar-refractivity contribution in [3.8, 4) is 5.75 Å². The molecule has 1 unspecified atom stereocenters. The van der Waals surface area contributed by atoms with Crippen molar-refractivity contribution >= 4 is 58.5 Å². The summed E-state index contributed by atoms with van der Waals surface area (Å²) in [6.07, 6.45) is 0.339. The first kappa shape index (κ1) is 30.0. The van der Waals surface area contributed by atoms with E-state index in [2.05, 4.69) is 25.6 Å². The van der Waals surface area contributed by atoms with Crippen LogP contribution in [0.2, 0.25) is 0 Å². The Bertz CT molecular complexity index is 2450. The number of nitrogens with one attached hydrogen (secondary N) is 2. The molecule has 0 aliphatic rings. The number of nitrogens with zero attached hydrogens (tertiary/aromatic N) is 1. The highest BCUT2D eigenvalue weighted by Crippen LogP contribution is 2.41. The number of aromatic amines is 1. The molecule has 0 bridgehead atoms. The molecule has 46 heavy (non-hydrogen) atoms. The number of H-pyrrole nitrogens is 1. The SMILES string of the molecule is Cn1c(=O)c(C(c2cccc(Br)c2)c2[nH]c3ccccc3c2CCNS(=O)(=O)c2ccc3ccccc3c2)c(O)c2ccccc21. The number of aromatic nitrogens is 2. The lowest BCUT2D eigenvalue weighted by atomic mass is 9.85. The van der Waals surface area contributed by atoms with Gasteiger partial charge < -0.3 is 14.7 Å². The summed E-state index contributed by atoms with van der Waals surface area (Å²) < 4.78 is 32.0. The zero-order valence-corrected chi connectivity index (χ0v) is 27.3. The predicted octanol–water partition coefficient (Wildman–Crippen LogP) is 7.34. The number of hydrogen-bond donors (Lipinski definition) is 3. The number of aryl methyl sites for hydroxylation is 1. The maximum atomic E-state index is 14.1. The van der Waals surface area contributed by atoms with E-state index >= 15 is 0 Å². The second kappa shape index (κ2) is 11.9. The molecular formula is C37H30BrN3O4S. The summed E-state index contributed by atoms with van der Waals surface area (Å²) in [6.45, 7) is 0.122. The van der Waals surface area contributed by atoms with Crippen molar-refractivity contribution in [1.82, 2.24) is 14.3 Å². The van der Waals surface area contributed by atoms with Gasteiger partial charge in [0.1, 0.15) is 5.75 Å². The second-order valence-electron chi connectivity index (χ2n) is 11.4. The zero-order chi connectivity index (χ0) is 32.0. The van der Waals surface area contributed by atoms with E-state index in [1.54, 1.807) is 35.9 Å². The fraction of sp³-hybridized carbons (Fsp3) is 0.108. The smallest absolute Gasteiger partial charge is 0.258 e. The van der Waals surface area contributed by atoms with Crippen molar-refractivity contribution in [2.45, 2.75) is 17.2 Å². The van der Waals surface area contributed by atoms with E-state index in [1.165, 1.54) is 0 Å². The van der Waals surface area contributed by atoms with Crippen LogP contribution in [0.3, 0.4) is 0 Å². The van der Waals surface area contributed by atoms with Crippen molar-refractivity contribution < 1.29 is 13.5 Å². The van der Waals surface area contributed by atoms with Crippen molar-refractivity contribution in [2.24, 2.45) is 7.05 Å². The lowest BCUT2D eigenvalue weighted by molar-refractivity contribution is 0.470. The normalized spacial score (nSPS) is 12.7. The molecule has 0 radical (unpaired) electrons. The number of hydrogen-bond acceptors (Lipinski definition) is 4. The van der Waals surface area contributed by atoms with E-state index in [0.717, 1.165) is 37.3 Å². The van der Waals surface area contributed by atoms with Gasteiger partial charge in [-0.25, -0.2) is 13.1 Å². The third-order valence-corrected chi connectivity index (χ3v) is 10.6. The first-order valence-corrected chi connectivity index (χ1v) is 17.1. The van der Waals surface area contributed by atoms with Crippen LogP contribution in [0.15, 0.2) is 129 Å². The van der Waals surface area contributed by atoms with Crippen LogP contribution in [0, 0.1) is 0 Å². The topological polar surface area (TPSA) is 104 Å². The molecule has 7 nitrogen and oxygen atoms in total. The van der Waals surface area contributed by atoms with Gasteiger partial charge in [0.15, 0.2) is 0 Å². The Balaban J connectivity index is 1.35. The minimum Gasteiger partial charge on any atom is -0.507 e. The van der Waals surface area contributed by atoms with Crippen LogP contribution < -0.4 is 10.3 Å². The Hall–Kier alpha value is -4.70. The average molecular weight is 693 g/mol. The van der Waals surface area contributed by atoms with Crippen molar-refractivity contribution in [1.29, 1.82) is 0 Å². The molecule has 0 fully saturated rings. The fourth-order valence-corrected chi connectivity index (χ4v) is 7.88. The third kappa shape index (κ3) is 5.30. The highest BCUT2D eigenvalue weighted by atomic mass is 79.9. The van der Waals surface area contributed by atoms with E-state index in [1.807, 2.05) is 91.0 Å². The van der Waals surface area contributed by atoms with Gasteiger partial charge in [0, 0.05) is 40.0 Å². The highest BCUT2D eigenvalue weighted by Gasteiger charge is 2.30. The molecule has 0 saturated heterocycles. The highest BCUT2D eigenvalue weighted by molar-refractivity contribution is 9.10. The van der Waals surface area contributed by atoms with Gasteiger partial charge in [-0.1, -0.05) is 88.7 Å². The lowest BCUT2D eigenvalue weighted by Gasteiger charge is -2.22. The lowest BCUT2D eigenvalue weighted by Crippen LogP contribution is -2.27. The van der Waals surface area contributed by atoms with Gasteiger partial charge in [-0.05, 0) is 70.8 Å². The number of benzene rings is 5. The third-order valence-electron chi connectivity index (χ3n) is 8.62. The van der Waals surface area contributed by atoms with Gasteiger partial charge in [-0.2, -0.15) is 0 Å². The molecule has 1 atom stereocenters. The maximum Gasteiger partial charge on any atom is 0.258 e. The summed E-state index contributed by atoms with van der Waals surface area (Å²) >= 11 is 3.59. The summed E-state index contributed by atoms with van der Waals surface area (Å²) in [5.74, 6) is -0.759. The molecule has 3 N–H and O–H groups in total. The van der Waals surface area contributed by atoms with E-state index < -0.39 is 15.9 Å². The summed E-state index contributed by atoms with van der Waals surface area (Å²) in [6, 6.07) is 35.5. The van der Waals surface area contributed by atoms with E-state index in [0.29, 0.717) is 23.0 Å². The number of aromatic hydroxyl groups is 1. The van der Waals surface area contributed by atoms with Crippen LogP contribution in [-0.2, 0) is 23.5 Å². The van der Waals surface area contributed by atoms with Crippen LogP contribution in [0.25, 0.3) is 32.6 Å². The van der Waals surface area contributed by atoms with Gasteiger partial charge in [-0.15, -0.1) is 0 Å². The fourth-order valence-electron chi connectivity index (χ4n) is 6.39. The number of fused-ring (bicyclic) bond motifs is 3. The Morgan fingerprint density at radius 2 is 1.57 bits per heavy atom. The van der Waals surface area contributed by atoms with E-state index in [9.17, 15) is 18.3 Å². The molecule has 0 amide bonds. The number of rotatable bonds is 8. The summed E-state index contributed by atoms with van der Waals surface area (Å²) in [5, 5.41) is 15.0. The largest absolute Gasteiger partial charge is 0.507 e. The minimum absolute atomic E-state index is 0.0784. The standard InChI is InChI=1S/C37H30BrN3O4S/c1-41-32-16-7-5-14-30(32)36(42)34(37(41)43)33(25-11-8-12-26(38)21-25)35-29(28-13-4-6-15-31(28)40-35)19-20-39-46(44,45)27-18-17-23-9-2-3-10-24(23)22-27/h2-18,21-22,33,39-40,42H,19-20H2,1H3. The number of pyridine rings is 1. The van der Waals surface area contributed by atoms with Gasteiger partial charge in [0.25, 0.3) is 5.56 Å². The van der Waals surface area contributed by atoms with E-state index in [4.69, 9.17) is 0 Å². The molecule has 0 saturated carbocycles. The molecular weight excluding hydrogens is 662 g/mol. The molecule has 0 aliphatic carbocycles. The van der Waals surface area contributed by atoms with Crippen LogP contribution in [0.5, 0.6) is 5.75 Å². The zero-order valence-electron chi connectivity index (χ0n) is 24.9. The molecule has 9 heteroatoms. The van der Waals surface area contributed by atoms with Gasteiger partial charge >= 0.3 is 0 Å². The monoisotopic (exact) mass is 691 g/mol. The molecule has 5 aromatic carbocycles. The maximum absolute atomic E-state index is 14.1. The van der Waals surface area contributed by atoms with Crippen LogP contribution >= 0.6 is 15.9 Å². The molecule has 2 aromatic heterocycles. The first-order valence-electron chi connectivity index (χ1n) is 14.9. The molecule has 230 valence electrons. The molecule has 7 aromatic rings. The van der Waals surface area contributed by atoms with E-state index in [-0.39, 0.29) is 28.3 Å². The van der Waals surface area contributed by atoms with Crippen LogP contribution in [0.4, 0.5) is 0 Å². The van der Waals surface area contributed by atoms with Crippen LogP contribution in [0.1, 0.15) is 28.3 Å².